The van der Waals surface area contributed by atoms with Gasteiger partial charge in [0.25, 0.3) is 0 Å². The van der Waals surface area contributed by atoms with Crippen molar-refractivity contribution >= 4 is 0 Å². The van der Waals surface area contributed by atoms with Crippen molar-refractivity contribution < 1.29 is 14.6 Å². The molecule has 0 amide bonds. The van der Waals surface area contributed by atoms with E-state index in [4.69, 9.17) is 9.47 Å². The second-order valence-electron chi connectivity index (χ2n) is 4.72. The Morgan fingerprint density at radius 3 is 2.57 bits per heavy atom. The molecule has 0 aromatic carbocycles. The molecule has 1 rings (SSSR count). The number of rotatable bonds is 5. The van der Waals surface area contributed by atoms with Gasteiger partial charge in [-0.1, -0.05) is 0 Å². The highest BCUT2D eigenvalue weighted by molar-refractivity contribution is 4.74. The van der Waals surface area contributed by atoms with Crippen molar-refractivity contribution in [2.75, 3.05) is 26.4 Å². The first-order chi connectivity index (χ1) is 6.47. The van der Waals surface area contributed by atoms with E-state index in [1.807, 2.05) is 20.8 Å². The maximum absolute atomic E-state index is 9.55. The third-order valence-electron chi connectivity index (χ3n) is 1.99. The van der Waals surface area contributed by atoms with Gasteiger partial charge in [0.2, 0.25) is 0 Å². The standard InChI is InChI=1S/C10H21NO3/c1-10(2,3)14-7-9(12)4-11-8-5-13-6-8/h8-9,11-12H,4-7H2,1-3H3. The quantitative estimate of drug-likeness (QED) is 0.668. The molecular weight excluding hydrogens is 182 g/mol. The Morgan fingerprint density at radius 2 is 2.14 bits per heavy atom. The Morgan fingerprint density at radius 1 is 1.50 bits per heavy atom. The van der Waals surface area contributed by atoms with Gasteiger partial charge in [-0.05, 0) is 20.8 Å². The minimum atomic E-state index is -0.435. The fourth-order valence-electron chi connectivity index (χ4n) is 1.06. The van der Waals surface area contributed by atoms with E-state index in [1.54, 1.807) is 0 Å². The van der Waals surface area contributed by atoms with E-state index >= 15 is 0 Å². The summed E-state index contributed by atoms with van der Waals surface area (Å²) in [7, 11) is 0. The van der Waals surface area contributed by atoms with Crippen LogP contribution in [0, 0.1) is 0 Å². The average Bonchev–Trinajstić information content (AvgIpc) is 1.96. The number of aliphatic hydroxyl groups is 1. The van der Waals surface area contributed by atoms with Crippen molar-refractivity contribution in [3.63, 3.8) is 0 Å². The number of aliphatic hydroxyl groups excluding tert-OH is 1. The molecule has 1 unspecified atom stereocenters. The molecule has 1 aliphatic rings. The van der Waals surface area contributed by atoms with Gasteiger partial charge >= 0.3 is 0 Å². The zero-order valence-electron chi connectivity index (χ0n) is 9.25. The Hall–Kier alpha value is -0.160. The highest BCUT2D eigenvalue weighted by Gasteiger charge is 2.19. The van der Waals surface area contributed by atoms with E-state index in [0.717, 1.165) is 13.2 Å². The molecule has 1 heterocycles. The lowest BCUT2D eigenvalue weighted by molar-refractivity contribution is -0.0547. The zero-order chi connectivity index (χ0) is 10.6. The largest absolute Gasteiger partial charge is 0.389 e. The minimum absolute atomic E-state index is 0.180. The second kappa shape index (κ2) is 5.07. The maximum Gasteiger partial charge on any atom is 0.0898 e. The van der Waals surface area contributed by atoms with Gasteiger partial charge < -0.3 is 19.9 Å². The fraction of sp³-hybridized carbons (Fsp3) is 1.00. The van der Waals surface area contributed by atoms with Crippen molar-refractivity contribution in [3.05, 3.63) is 0 Å². The van der Waals surface area contributed by atoms with Crippen LogP contribution < -0.4 is 5.32 Å². The predicted octanol–water partition coefficient (Wildman–Crippen LogP) is 0.151. The van der Waals surface area contributed by atoms with Crippen molar-refractivity contribution in [2.24, 2.45) is 0 Å². The van der Waals surface area contributed by atoms with Crippen LogP contribution in [0.1, 0.15) is 20.8 Å². The monoisotopic (exact) mass is 203 g/mol. The molecule has 1 saturated heterocycles. The van der Waals surface area contributed by atoms with Crippen LogP contribution in [0.2, 0.25) is 0 Å². The van der Waals surface area contributed by atoms with Gasteiger partial charge in [-0.15, -0.1) is 0 Å². The molecule has 0 spiro atoms. The van der Waals surface area contributed by atoms with Gasteiger partial charge in [-0.3, -0.25) is 0 Å². The summed E-state index contributed by atoms with van der Waals surface area (Å²) in [5.74, 6) is 0. The van der Waals surface area contributed by atoms with E-state index in [0.29, 0.717) is 19.2 Å². The molecule has 84 valence electrons. The number of hydrogen-bond acceptors (Lipinski definition) is 4. The van der Waals surface area contributed by atoms with Crippen molar-refractivity contribution in [2.45, 2.75) is 38.5 Å². The van der Waals surface area contributed by atoms with Crippen LogP contribution in [0.25, 0.3) is 0 Å². The summed E-state index contributed by atoms with van der Waals surface area (Å²) in [6, 6.07) is 0.416. The lowest BCUT2D eigenvalue weighted by Crippen LogP contribution is -2.49. The normalized spacial score (nSPS) is 20.6. The van der Waals surface area contributed by atoms with Crippen molar-refractivity contribution in [3.8, 4) is 0 Å². The van der Waals surface area contributed by atoms with Gasteiger partial charge in [-0.25, -0.2) is 0 Å². The van der Waals surface area contributed by atoms with E-state index in [1.165, 1.54) is 0 Å². The molecular formula is C10H21NO3. The molecule has 0 aliphatic carbocycles. The zero-order valence-corrected chi connectivity index (χ0v) is 9.25. The molecule has 4 heteroatoms. The highest BCUT2D eigenvalue weighted by atomic mass is 16.5. The SMILES string of the molecule is CC(C)(C)OCC(O)CNC1COC1. The van der Waals surface area contributed by atoms with E-state index < -0.39 is 6.10 Å². The molecule has 14 heavy (non-hydrogen) atoms. The van der Waals surface area contributed by atoms with Gasteiger partial charge in [0.05, 0.1) is 37.6 Å². The number of ether oxygens (including phenoxy) is 2. The summed E-state index contributed by atoms with van der Waals surface area (Å²) < 4.78 is 10.5. The van der Waals surface area contributed by atoms with Crippen molar-refractivity contribution in [1.29, 1.82) is 0 Å². The number of nitrogens with one attached hydrogen (secondary N) is 1. The smallest absolute Gasteiger partial charge is 0.0898 e. The van der Waals surface area contributed by atoms with Crippen LogP contribution in [0.5, 0.6) is 0 Å². The Kier molecular flexibility index (Phi) is 4.31. The van der Waals surface area contributed by atoms with Crippen LogP contribution in [0.4, 0.5) is 0 Å². The van der Waals surface area contributed by atoms with E-state index in [9.17, 15) is 5.11 Å². The Balaban J connectivity index is 2.00. The third kappa shape index (κ3) is 4.91. The Bertz CT molecular complexity index is 163. The molecule has 2 N–H and O–H groups in total. The molecule has 1 aliphatic heterocycles. The lowest BCUT2D eigenvalue weighted by atomic mass is 10.2. The molecule has 0 bridgehead atoms. The number of hydrogen-bond donors (Lipinski definition) is 2. The summed E-state index contributed by atoms with van der Waals surface area (Å²) in [6.45, 7) is 8.40. The molecule has 0 aromatic rings. The minimum Gasteiger partial charge on any atom is -0.389 e. The molecule has 0 aromatic heterocycles. The highest BCUT2D eigenvalue weighted by Crippen LogP contribution is 2.07. The van der Waals surface area contributed by atoms with Gasteiger partial charge in [0.15, 0.2) is 0 Å². The maximum atomic E-state index is 9.55. The molecule has 1 fully saturated rings. The molecule has 1 atom stereocenters. The predicted molar refractivity (Wildman–Crippen MR) is 54.3 cm³/mol. The second-order valence-corrected chi connectivity index (χ2v) is 4.72. The average molecular weight is 203 g/mol. The summed E-state index contributed by atoms with van der Waals surface area (Å²) in [5.41, 5.74) is -0.180. The van der Waals surface area contributed by atoms with E-state index in [2.05, 4.69) is 5.32 Å². The third-order valence-corrected chi connectivity index (χ3v) is 1.99. The summed E-state index contributed by atoms with van der Waals surface area (Å²) in [6.07, 6.45) is -0.435. The van der Waals surface area contributed by atoms with Crippen LogP contribution in [-0.4, -0.2) is 49.2 Å². The first kappa shape index (κ1) is 11.9. The first-order valence-electron chi connectivity index (χ1n) is 5.10. The summed E-state index contributed by atoms with van der Waals surface area (Å²) in [5, 5.41) is 12.8. The van der Waals surface area contributed by atoms with Gasteiger partial charge in [0, 0.05) is 6.54 Å². The molecule has 4 nitrogen and oxygen atoms in total. The van der Waals surface area contributed by atoms with Gasteiger partial charge in [0.1, 0.15) is 0 Å². The van der Waals surface area contributed by atoms with Crippen LogP contribution in [0.15, 0.2) is 0 Å². The lowest BCUT2D eigenvalue weighted by Gasteiger charge is -2.28. The molecule has 0 saturated carbocycles. The van der Waals surface area contributed by atoms with Crippen LogP contribution in [0.3, 0.4) is 0 Å². The summed E-state index contributed by atoms with van der Waals surface area (Å²) in [4.78, 5) is 0. The van der Waals surface area contributed by atoms with Gasteiger partial charge in [-0.2, -0.15) is 0 Å². The Labute approximate surface area is 85.6 Å². The first-order valence-corrected chi connectivity index (χ1v) is 5.10. The van der Waals surface area contributed by atoms with Crippen LogP contribution in [-0.2, 0) is 9.47 Å². The van der Waals surface area contributed by atoms with Crippen molar-refractivity contribution in [1.82, 2.24) is 5.32 Å². The fourth-order valence-corrected chi connectivity index (χ4v) is 1.06. The molecule has 0 radical (unpaired) electrons. The summed E-state index contributed by atoms with van der Waals surface area (Å²) >= 11 is 0. The van der Waals surface area contributed by atoms with E-state index in [-0.39, 0.29) is 5.60 Å². The topological polar surface area (TPSA) is 50.7 Å². The van der Waals surface area contributed by atoms with Crippen LogP contribution >= 0.6 is 0 Å².